The van der Waals surface area contributed by atoms with E-state index in [4.69, 9.17) is 16.3 Å². The summed E-state index contributed by atoms with van der Waals surface area (Å²) in [5.41, 5.74) is 0.525. The van der Waals surface area contributed by atoms with Crippen LogP contribution in [-0.4, -0.2) is 20.2 Å². The van der Waals surface area contributed by atoms with E-state index in [2.05, 4.69) is 10.3 Å². The Kier molecular flexibility index (Phi) is 6.62. The van der Waals surface area contributed by atoms with Crippen LogP contribution in [0.15, 0.2) is 58.1 Å². The number of anilines is 2. The van der Waals surface area contributed by atoms with Crippen LogP contribution in [0.4, 0.5) is 11.6 Å². The predicted octanol–water partition coefficient (Wildman–Crippen LogP) is 4.22. The lowest BCUT2D eigenvalue weighted by Gasteiger charge is -2.17. The third kappa shape index (κ3) is 5.10. The molecule has 0 atom stereocenters. The summed E-state index contributed by atoms with van der Waals surface area (Å²) in [7, 11) is 0. The van der Waals surface area contributed by atoms with E-state index < -0.39 is 11.4 Å². The van der Waals surface area contributed by atoms with Crippen molar-refractivity contribution in [1.29, 1.82) is 0 Å². The van der Waals surface area contributed by atoms with Crippen molar-refractivity contribution >= 4 is 23.2 Å². The van der Waals surface area contributed by atoms with Gasteiger partial charge < -0.3 is 10.1 Å². The lowest BCUT2D eigenvalue weighted by atomic mass is 10.2. The molecule has 0 saturated carbocycles. The largest absolute Gasteiger partial charge is 0.491 e. The fourth-order valence-electron chi connectivity index (χ4n) is 2.98. The molecule has 0 aliphatic rings. The molecule has 7 nitrogen and oxygen atoms in total. The Morgan fingerprint density at radius 3 is 2.20 bits per heavy atom. The third-order valence-corrected chi connectivity index (χ3v) is 4.60. The zero-order valence-corrected chi connectivity index (χ0v) is 18.2. The van der Waals surface area contributed by atoms with E-state index in [1.807, 2.05) is 50.2 Å². The molecule has 1 aromatic heterocycles. The van der Waals surface area contributed by atoms with Crippen molar-refractivity contribution in [3.8, 4) is 5.75 Å². The Morgan fingerprint density at radius 1 is 1.00 bits per heavy atom. The highest BCUT2D eigenvalue weighted by atomic mass is 35.5. The van der Waals surface area contributed by atoms with Crippen LogP contribution in [0.2, 0.25) is 5.02 Å². The number of benzene rings is 2. The summed E-state index contributed by atoms with van der Waals surface area (Å²) in [6, 6.07) is 14.1. The second-order valence-corrected chi connectivity index (χ2v) is 7.93. The molecule has 0 bridgehead atoms. The zero-order chi connectivity index (χ0) is 21.8. The molecular weight excluding hydrogens is 404 g/mol. The van der Waals surface area contributed by atoms with Crippen LogP contribution in [-0.2, 0) is 6.54 Å². The molecule has 0 unspecified atom stereocenters. The quantitative estimate of drug-likeness (QED) is 0.609. The van der Waals surface area contributed by atoms with Gasteiger partial charge in [0, 0.05) is 16.8 Å². The summed E-state index contributed by atoms with van der Waals surface area (Å²) < 4.78 is 8.24. The molecule has 0 saturated heterocycles. The molecule has 1 N–H and O–H groups in total. The number of rotatable bonds is 7. The van der Waals surface area contributed by atoms with Gasteiger partial charge in [-0.15, -0.1) is 0 Å². The molecular formula is C22H25ClN4O3. The zero-order valence-electron chi connectivity index (χ0n) is 17.4. The summed E-state index contributed by atoms with van der Waals surface area (Å²) in [5.74, 6) is 0.909. The van der Waals surface area contributed by atoms with Gasteiger partial charge in [0.05, 0.1) is 12.6 Å². The number of hydrogen-bond acceptors (Lipinski definition) is 5. The van der Waals surface area contributed by atoms with Crippen molar-refractivity contribution in [2.24, 2.45) is 0 Å². The number of aromatic nitrogens is 3. The second kappa shape index (κ2) is 9.17. The number of halogens is 1. The SMILES string of the molecule is CC(C)Oc1ccc(Nc2nc(=O)n(C(C)C)c(=O)n2Cc2ccc(Cl)cc2)cc1. The van der Waals surface area contributed by atoms with Gasteiger partial charge in [-0.25, -0.2) is 14.2 Å². The van der Waals surface area contributed by atoms with Crippen molar-refractivity contribution in [1.82, 2.24) is 14.1 Å². The van der Waals surface area contributed by atoms with Crippen LogP contribution in [0.5, 0.6) is 5.75 Å². The first kappa shape index (κ1) is 21.6. The van der Waals surface area contributed by atoms with Gasteiger partial charge in [0.1, 0.15) is 5.75 Å². The Hall–Kier alpha value is -3.06. The van der Waals surface area contributed by atoms with Gasteiger partial charge in [-0.2, -0.15) is 4.98 Å². The molecule has 8 heteroatoms. The highest BCUT2D eigenvalue weighted by molar-refractivity contribution is 6.30. The van der Waals surface area contributed by atoms with Crippen LogP contribution >= 0.6 is 11.6 Å². The summed E-state index contributed by atoms with van der Waals surface area (Å²) in [6.07, 6.45) is 0.0682. The molecule has 0 radical (unpaired) electrons. The van der Waals surface area contributed by atoms with Gasteiger partial charge in [-0.05, 0) is 69.7 Å². The van der Waals surface area contributed by atoms with E-state index in [-0.39, 0.29) is 24.6 Å². The van der Waals surface area contributed by atoms with Crippen LogP contribution in [0.1, 0.15) is 39.3 Å². The first-order valence-corrected chi connectivity index (χ1v) is 10.1. The Bertz CT molecular complexity index is 1120. The lowest BCUT2D eigenvalue weighted by Crippen LogP contribution is -2.43. The number of nitrogens with one attached hydrogen (secondary N) is 1. The van der Waals surface area contributed by atoms with Crippen molar-refractivity contribution in [3.05, 3.63) is 80.1 Å². The Morgan fingerprint density at radius 2 is 1.63 bits per heavy atom. The first-order valence-electron chi connectivity index (χ1n) is 9.76. The van der Waals surface area contributed by atoms with E-state index >= 15 is 0 Å². The molecule has 0 spiro atoms. The van der Waals surface area contributed by atoms with Crippen molar-refractivity contribution < 1.29 is 4.74 Å². The van der Waals surface area contributed by atoms with E-state index in [1.165, 1.54) is 4.57 Å². The second-order valence-electron chi connectivity index (χ2n) is 7.49. The van der Waals surface area contributed by atoms with Crippen LogP contribution < -0.4 is 21.4 Å². The fourth-order valence-corrected chi connectivity index (χ4v) is 3.10. The molecule has 3 rings (SSSR count). The molecule has 2 aromatic carbocycles. The average molecular weight is 429 g/mol. The van der Waals surface area contributed by atoms with E-state index in [9.17, 15) is 9.59 Å². The number of ether oxygens (including phenoxy) is 1. The first-order chi connectivity index (χ1) is 14.2. The van der Waals surface area contributed by atoms with Gasteiger partial charge >= 0.3 is 11.4 Å². The third-order valence-electron chi connectivity index (χ3n) is 4.35. The standard InChI is InChI=1S/C22H25ClN4O3/c1-14(2)27-21(28)25-20(24-18-9-11-19(12-10-18)30-15(3)4)26(22(27)29)13-16-5-7-17(23)8-6-16/h5-12,14-15H,13H2,1-4H3,(H,24,25,28). The topological polar surface area (TPSA) is 78.2 Å². The summed E-state index contributed by atoms with van der Waals surface area (Å²) in [6.45, 7) is 7.70. The molecule has 1 heterocycles. The summed E-state index contributed by atoms with van der Waals surface area (Å²) >= 11 is 5.97. The smallest absolute Gasteiger partial charge is 0.355 e. The molecule has 3 aromatic rings. The van der Waals surface area contributed by atoms with Crippen LogP contribution in [0, 0.1) is 0 Å². The Balaban J connectivity index is 2.01. The highest BCUT2D eigenvalue weighted by Gasteiger charge is 2.16. The minimum absolute atomic E-state index is 0.0682. The van der Waals surface area contributed by atoms with Crippen LogP contribution in [0.3, 0.4) is 0 Å². The molecule has 30 heavy (non-hydrogen) atoms. The van der Waals surface area contributed by atoms with Gasteiger partial charge in [-0.3, -0.25) is 4.57 Å². The highest BCUT2D eigenvalue weighted by Crippen LogP contribution is 2.20. The van der Waals surface area contributed by atoms with Gasteiger partial charge in [-0.1, -0.05) is 23.7 Å². The summed E-state index contributed by atoms with van der Waals surface area (Å²) in [5, 5.41) is 3.70. The van der Waals surface area contributed by atoms with Gasteiger partial charge in [0.15, 0.2) is 0 Å². The predicted molar refractivity (Wildman–Crippen MR) is 119 cm³/mol. The molecule has 158 valence electrons. The minimum atomic E-state index is -0.593. The van der Waals surface area contributed by atoms with Crippen LogP contribution in [0.25, 0.3) is 0 Å². The van der Waals surface area contributed by atoms with Gasteiger partial charge in [0.25, 0.3) is 0 Å². The van der Waals surface area contributed by atoms with Crippen molar-refractivity contribution in [3.63, 3.8) is 0 Å². The summed E-state index contributed by atoms with van der Waals surface area (Å²) in [4.78, 5) is 29.7. The normalized spacial score (nSPS) is 11.2. The molecule has 0 aliphatic heterocycles. The minimum Gasteiger partial charge on any atom is -0.491 e. The average Bonchev–Trinajstić information content (AvgIpc) is 2.67. The maximum atomic E-state index is 13.1. The van der Waals surface area contributed by atoms with Crippen molar-refractivity contribution in [2.45, 2.75) is 46.4 Å². The van der Waals surface area contributed by atoms with E-state index in [0.29, 0.717) is 10.7 Å². The Labute approximate surface area is 179 Å². The van der Waals surface area contributed by atoms with Crippen molar-refractivity contribution in [2.75, 3.05) is 5.32 Å². The fraction of sp³-hybridized carbons (Fsp3) is 0.318. The molecule has 0 fully saturated rings. The van der Waals surface area contributed by atoms with Gasteiger partial charge in [0.2, 0.25) is 5.95 Å². The maximum Gasteiger partial charge on any atom is 0.355 e. The van der Waals surface area contributed by atoms with E-state index in [1.54, 1.807) is 26.0 Å². The van der Waals surface area contributed by atoms with E-state index in [0.717, 1.165) is 15.9 Å². The number of nitrogens with zero attached hydrogens (tertiary/aromatic N) is 3. The maximum absolute atomic E-state index is 13.1. The number of hydrogen-bond donors (Lipinski definition) is 1. The molecule has 0 aliphatic carbocycles. The molecule has 0 amide bonds. The monoisotopic (exact) mass is 428 g/mol. The lowest BCUT2D eigenvalue weighted by molar-refractivity contribution is 0.242.